The van der Waals surface area contributed by atoms with Crippen molar-refractivity contribution in [1.29, 1.82) is 0 Å². The van der Waals surface area contributed by atoms with Crippen molar-refractivity contribution >= 4 is 11.7 Å². The molecular formula is C14H21N3O3. The molecule has 0 saturated carbocycles. The summed E-state index contributed by atoms with van der Waals surface area (Å²) in [6.45, 7) is 4.90. The minimum Gasteiger partial charge on any atom is -0.409 e. The van der Waals surface area contributed by atoms with Crippen molar-refractivity contribution in [3.63, 3.8) is 0 Å². The van der Waals surface area contributed by atoms with Crippen LogP contribution >= 0.6 is 0 Å². The highest BCUT2D eigenvalue weighted by atomic mass is 16.5. The van der Waals surface area contributed by atoms with Gasteiger partial charge >= 0.3 is 0 Å². The molecule has 0 unspecified atom stereocenters. The molecule has 1 aromatic rings. The molecule has 0 aliphatic carbocycles. The van der Waals surface area contributed by atoms with Crippen LogP contribution in [0.4, 0.5) is 0 Å². The lowest BCUT2D eigenvalue weighted by Crippen LogP contribution is -2.29. The van der Waals surface area contributed by atoms with E-state index < -0.39 is 0 Å². The molecule has 0 atom stereocenters. The number of hydrogen-bond acceptors (Lipinski definition) is 4. The molecular weight excluding hydrogens is 258 g/mol. The van der Waals surface area contributed by atoms with Crippen LogP contribution in [0, 0.1) is 0 Å². The van der Waals surface area contributed by atoms with E-state index in [1.54, 1.807) is 24.3 Å². The van der Waals surface area contributed by atoms with E-state index in [9.17, 15) is 4.79 Å². The van der Waals surface area contributed by atoms with Gasteiger partial charge in [0.1, 0.15) is 0 Å². The van der Waals surface area contributed by atoms with Crippen LogP contribution in [0.25, 0.3) is 0 Å². The molecule has 1 aromatic carbocycles. The molecule has 0 aliphatic rings. The van der Waals surface area contributed by atoms with Crippen molar-refractivity contribution in [3.05, 3.63) is 35.4 Å². The van der Waals surface area contributed by atoms with Crippen LogP contribution in [0.5, 0.6) is 0 Å². The van der Waals surface area contributed by atoms with Gasteiger partial charge < -0.3 is 21.0 Å². The number of benzene rings is 1. The average Bonchev–Trinajstić information content (AvgIpc) is 2.43. The van der Waals surface area contributed by atoms with Gasteiger partial charge in [0.05, 0.1) is 19.1 Å². The fourth-order valence-corrected chi connectivity index (χ4v) is 1.58. The maximum atomic E-state index is 11.7. The minimum absolute atomic E-state index is 0.0480. The number of hydrogen-bond donors (Lipinski definition) is 3. The molecule has 6 heteroatoms. The van der Waals surface area contributed by atoms with Gasteiger partial charge in [0, 0.05) is 12.1 Å². The number of carbonyl (C=O) groups excluding carboxylic acids is 1. The number of ether oxygens (including phenoxy) is 1. The van der Waals surface area contributed by atoms with Gasteiger partial charge in [0.2, 0.25) is 5.91 Å². The smallest absolute Gasteiger partial charge is 0.224 e. The monoisotopic (exact) mass is 279 g/mol. The second-order valence-corrected chi connectivity index (χ2v) is 4.63. The molecule has 0 fully saturated rings. The summed E-state index contributed by atoms with van der Waals surface area (Å²) in [4.78, 5) is 11.7. The van der Waals surface area contributed by atoms with Crippen LogP contribution in [-0.2, 0) is 16.0 Å². The van der Waals surface area contributed by atoms with E-state index in [2.05, 4.69) is 10.5 Å². The van der Waals surface area contributed by atoms with Crippen molar-refractivity contribution in [2.45, 2.75) is 26.4 Å². The maximum Gasteiger partial charge on any atom is 0.224 e. The van der Waals surface area contributed by atoms with Gasteiger partial charge in [-0.15, -0.1) is 0 Å². The summed E-state index contributed by atoms with van der Waals surface area (Å²) in [5.74, 6) is -0.0132. The first-order valence-electron chi connectivity index (χ1n) is 6.48. The molecule has 0 aliphatic heterocycles. The molecule has 0 bridgehead atoms. The Labute approximate surface area is 118 Å². The molecule has 20 heavy (non-hydrogen) atoms. The fourth-order valence-electron chi connectivity index (χ4n) is 1.58. The third-order valence-corrected chi connectivity index (χ3v) is 2.60. The number of oxime groups is 1. The van der Waals surface area contributed by atoms with Gasteiger partial charge in [-0.2, -0.15) is 0 Å². The van der Waals surface area contributed by atoms with E-state index in [1.807, 2.05) is 13.8 Å². The number of nitrogens with zero attached hydrogens (tertiary/aromatic N) is 1. The first-order valence-corrected chi connectivity index (χ1v) is 6.48. The Bertz CT molecular complexity index is 455. The van der Waals surface area contributed by atoms with E-state index in [0.29, 0.717) is 18.7 Å². The predicted molar refractivity (Wildman–Crippen MR) is 76.8 cm³/mol. The molecule has 0 radical (unpaired) electrons. The second-order valence-electron chi connectivity index (χ2n) is 4.63. The van der Waals surface area contributed by atoms with Crippen LogP contribution in [0.15, 0.2) is 29.4 Å². The Morgan fingerprint density at radius 3 is 2.60 bits per heavy atom. The lowest BCUT2D eigenvalue weighted by Gasteiger charge is -2.09. The Morgan fingerprint density at radius 1 is 1.40 bits per heavy atom. The summed E-state index contributed by atoms with van der Waals surface area (Å²) < 4.78 is 5.33. The van der Waals surface area contributed by atoms with Crippen LogP contribution in [0.1, 0.15) is 25.0 Å². The zero-order chi connectivity index (χ0) is 15.0. The number of nitrogens with one attached hydrogen (secondary N) is 1. The summed E-state index contributed by atoms with van der Waals surface area (Å²) in [5, 5.41) is 14.2. The van der Waals surface area contributed by atoms with E-state index in [0.717, 1.165) is 5.56 Å². The minimum atomic E-state index is -0.0612. The van der Waals surface area contributed by atoms with Gasteiger partial charge in [-0.05, 0) is 19.4 Å². The van der Waals surface area contributed by atoms with Crippen molar-refractivity contribution < 1.29 is 14.7 Å². The van der Waals surface area contributed by atoms with Gasteiger partial charge in [-0.1, -0.05) is 29.4 Å². The summed E-state index contributed by atoms with van der Waals surface area (Å²) in [6.07, 6.45) is 0.455. The zero-order valence-corrected chi connectivity index (χ0v) is 11.8. The number of rotatable bonds is 7. The SMILES string of the molecule is CC(C)OCCNC(=O)Cc1ccc(/C(N)=N/O)cc1. The van der Waals surface area contributed by atoms with E-state index in [1.165, 1.54) is 0 Å². The maximum absolute atomic E-state index is 11.7. The standard InChI is InChI=1S/C14H21N3O3/c1-10(2)20-8-7-16-13(18)9-11-3-5-12(6-4-11)14(15)17-19/h3-6,10,19H,7-9H2,1-2H3,(H2,15,17)(H,16,18). The first-order chi connectivity index (χ1) is 9.52. The average molecular weight is 279 g/mol. The molecule has 0 aromatic heterocycles. The highest BCUT2D eigenvalue weighted by molar-refractivity contribution is 5.97. The lowest BCUT2D eigenvalue weighted by atomic mass is 10.1. The van der Waals surface area contributed by atoms with Crippen molar-refractivity contribution in [1.82, 2.24) is 5.32 Å². The Hall–Kier alpha value is -2.08. The topological polar surface area (TPSA) is 96.9 Å². The number of nitrogens with two attached hydrogens (primary N) is 1. The van der Waals surface area contributed by atoms with Gasteiger partial charge in [-0.25, -0.2) is 0 Å². The Kier molecular flexibility index (Phi) is 6.52. The molecule has 110 valence electrons. The van der Waals surface area contributed by atoms with Gasteiger partial charge in [0.25, 0.3) is 0 Å². The summed E-state index contributed by atoms with van der Waals surface area (Å²) in [5.41, 5.74) is 6.93. The number of amidine groups is 1. The van der Waals surface area contributed by atoms with Crippen LogP contribution < -0.4 is 11.1 Å². The quantitative estimate of drug-likeness (QED) is 0.227. The molecule has 6 nitrogen and oxygen atoms in total. The molecule has 0 spiro atoms. The molecule has 1 rings (SSSR count). The van der Waals surface area contributed by atoms with Crippen LogP contribution in [0.3, 0.4) is 0 Å². The summed E-state index contributed by atoms with van der Waals surface area (Å²) >= 11 is 0. The van der Waals surface area contributed by atoms with Gasteiger partial charge in [0.15, 0.2) is 5.84 Å². The third-order valence-electron chi connectivity index (χ3n) is 2.60. The molecule has 4 N–H and O–H groups in total. The largest absolute Gasteiger partial charge is 0.409 e. The number of carbonyl (C=O) groups is 1. The lowest BCUT2D eigenvalue weighted by molar-refractivity contribution is -0.120. The normalized spacial score (nSPS) is 11.7. The summed E-state index contributed by atoms with van der Waals surface area (Å²) in [6, 6.07) is 6.97. The van der Waals surface area contributed by atoms with E-state index in [-0.39, 0.29) is 24.3 Å². The second kappa shape index (κ2) is 8.16. The van der Waals surface area contributed by atoms with E-state index >= 15 is 0 Å². The Morgan fingerprint density at radius 2 is 2.05 bits per heavy atom. The van der Waals surface area contributed by atoms with Gasteiger partial charge in [-0.3, -0.25) is 4.79 Å². The number of amides is 1. The van der Waals surface area contributed by atoms with Crippen LogP contribution in [-0.4, -0.2) is 36.2 Å². The molecule has 0 heterocycles. The van der Waals surface area contributed by atoms with Crippen molar-refractivity contribution in [2.75, 3.05) is 13.2 Å². The predicted octanol–water partition coefficient (Wildman–Crippen LogP) is 0.865. The first kappa shape index (κ1) is 16.0. The van der Waals surface area contributed by atoms with Crippen LogP contribution in [0.2, 0.25) is 0 Å². The zero-order valence-electron chi connectivity index (χ0n) is 11.8. The Balaban J connectivity index is 2.39. The van der Waals surface area contributed by atoms with Crippen molar-refractivity contribution in [3.8, 4) is 0 Å². The molecule has 1 amide bonds. The van der Waals surface area contributed by atoms with E-state index in [4.69, 9.17) is 15.7 Å². The van der Waals surface area contributed by atoms with Crippen molar-refractivity contribution in [2.24, 2.45) is 10.9 Å². The third kappa shape index (κ3) is 5.71. The highest BCUT2D eigenvalue weighted by Crippen LogP contribution is 2.05. The summed E-state index contributed by atoms with van der Waals surface area (Å²) in [7, 11) is 0. The fraction of sp³-hybridized carbons (Fsp3) is 0.429. The molecule has 0 saturated heterocycles. The highest BCUT2D eigenvalue weighted by Gasteiger charge is 2.04.